The fraction of sp³-hybridized carbons (Fsp3) is 0.545. The van der Waals surface area contributed by atoms with Crippen molar-refractivity contribution in [2.24, 2.45) is 5.92 Å². The predicted molar refractivity (Wildman–Crippen MR) is 111 cm³/mol. The number of aldehydes is 1. The van der Waals surface area contributed by atoms with Gasteiger partial charge >= 0.3 is 5.97 Å². The third kappa shape index (κ3) is 4.22. The van der Waals surface area contributed by atoms with Crippen LogP contribution in [0.4, 0.5) is 0 Å². The molecule has 1 aromatic rings. The van der Waals surface area contributed by atoms with Crippen molar-refractivity contribution in [2.45, 2.75) is 55.4 Å². The summed E-state index contributed by atoms with van der Waals surface area (Å²) >= 11 is -1.30. The molecular formula is C22H28N2O4S. The Morgan fingerprint density at radius 3 is 2.79 bits per heavy atom. The fourth-order valence-corrected chi connectivity index (χ4v) is 5.83. The van der Waals surface area contributed by atoms with Gasteiger partial charge < -0.3 is 14.2 Å². The molecule has 29 heavy (non-hydrogen) atoms. The highest BCUT2D eigenvalue weighted by Crippen LogP contribution is 2.52. The van der Waals surface area contributed by atoms with Crippen molar-refractivity contribution in [3.05, 3.63) is 35.5 Å². The Bertz CT molecular complexity index is 804. The van der Waals surface area contributed by atoms with Gasteiger partial charge in [-0.15, -0.1) is 4.31 Å². The topological polar surface area (TPSA) is 72.9 Å². The molecule has 0 bridgehead atoms. The van der Waals surface area contributed by atoms with Crippen LogP contribution in [0, 0.1) is 5.92 Å². The highest BCUT2D eigenvalue weighted by Gasteiger charge is 2.56. The minimum absolute atomic E-state index is 0.0485. The summed E-state index contributed by atoms with van der Waals surface area (Å²) in [6, 6.07) is 5.36. The van der Waals surface area contributed by atoms with Crippen LogP contribution in [-0.4, -0.2) is 51.9 Å². The molecule has 0 amide bonds. The first-order valence-electron chi connectivity index (χ1n) is 10.4. The molecule has 1 unspecified atom stereocenters. The molecule has 1 aromatic carbocycles. The molecule has 3 aliphatic rings. The Morgan fingerprint density at radius 2 is 2.14 bits per heavy atom. The second-order valence-electron chi connectivity index (χ2n) is 8.35. The largest absolute Gasteiger partial charge is 0.593 e. The number of esters is 1. The molecular weight excluding hydrogens is 388 g/mol. The number of benzene rings is 1. The molecule has 0 aromatic heterocycles. The average Bonchev–Trinajstić information content (AvgIpc) is 3.33. The highest BCUT2D eigenvalue weighted by atomic mass is 32.2. The van der Waals surface area contributed by atoms with Crippen LogP contribution < -0.4 is 0 Å². The molecule has 3 fully saturated rings. The second-order valence-corrected chi connectivity index (χ2v) is 9.73. The van der Waals surface area contributed by atoms with Crippen LogP contribution >= 0.6 is 0 Å². The molecule has 1 saturated heterocycles. The van der Waals surface area contributed by atoms with E-state index in [1.807, 2.05) is 13.1 Å². The van der Waals surface area contributed by atoms with Gasteiger partial charge in [-0.25, -0.2) is 0 Å². The Kier molecular flexibility index (Phi) is 5.99. The van der Waals surface area contributed by atoms with Crippen LogP contribution in [0.5, 0.6) is 0 Å². The molecule has 6 nitrogen and oxygen atoms in total. The monoisotopic (exact) mass is 416 g/mol. The van der Waals surface area contributed by atoms with Gasteiger partial charge in [-0.05, 0) is 50.7 Å². The zero-order chi connectivity index (χ0) is 20.4. The summed E-state index contributed by atoms with van der Waals surface area (Å²) in [5, 5.41) is 0. The smallest absolute Gasteiger partial charge is 0.310 e. The van der Waals surface area contributed by atoms with Crippen LogP contribution in [0.2, 0.25) is 0 Å². The number of hydrogen-bond acceptors (Lipinski definition) is 6. The maximum atomic E-state index is 13.4. The third-order valence-electron chi connectivity index (χ3n) is 6.32. The maximum Gasteiger partial charge on any atom is 0.310 e. The van der Waals surface area contributed by atoms with E-state index in [2.05, 4.69) is 4.31 Å². The summed E-state index contributed by atoms with van der Waals surface area (Å²) < 4.78 is 20.8. The Hall–Kier alpha value is -1.83. The van der Waals surface area contributed by atoms with Gasteiger partial charge in [-0.1, -0.05) is 18.6 Å². The standard InChI is InChI=1S/C22H28N2O4S/c1-23(16-28-21(26)17-5-2-6-17)14-9-19-18(15-25)7-3-8-20(19)29(27)24-13-4-10-22(24)11-12-22/h3,7-9,14-15,17H,2,4-6,10-13,16H2,1H3/b14-9-. The highest BCUT2D eigenvalue weighted by molar-refractivity contribution is 7.89. The van der Waals surface area contributed by atoms with Gasteiger partial charge in [0.15, 0.2) is 17.9 Å². The van der Waals surface area contributed by atoms with Gasteiger partial charge in [-0.3, -0.25) is 9.59 Å². The van der Waals surface area contributed by atoms with E-state index in [4.69, 9.17) is 4.74 Å². The van der Waals surface area contributed by atoms with Gasteiger partial charge in [-0.2, -0.15) is 0 Å². The lowest BCUT2D eigenvalue weighted by molar-refractivity contribution is -0.154. The molecule has 1 aliphatic heterocycles. The molecule has 0 radical (unpaired) electrons. The summed E-state index contributed by atoms with van der Waals surface area (Å²) in [5.74, 6) is -0.0947. The molecule has 156 valence electrons. The van der Waals surface area contributed by atoms with Crippen molar-refractivity contribution in [3.63, 3.8) is 0 Å². The van der Waals surface area contributed by atoms with E-state index < -0.39 is 11.4 Å². The molecule has 4 rings (SSSR count). The second kappa shape index (κ2) is 8.50. The van der Waals surface area contributed by atoms with Crippen LogP contribution in [-0.2, 0) is 20.9 Å². The van der Waals surface area contributed by atoms with Crippen LogP contribution in [0.15, 0.2) is 29.3 Å². The van der Waals surface area contributed by atoms with Crippen molar-refractivity contribution >= 4 is 29.7 Å². The van der Waals surface area contributed by atoms with E-state index in [1.54, 1.807) is 29.3 Å². The van der Waals surface area contributed by atoms with Gasteiger partial charge in [0.2, 0.25) is 0 Å². The van der Waals surface area contributed by atoms with E-state index in [0.717, 1.165) is 57.8 Å². The Morgan fingerprint density at radius 1 is 1.34 bits per heavy atom. The first-order chi connectivity index (χ1) is 14.0. The number of nitrogens with zero attached hydrogens (tertiary/aromatic N) is 2. The minimum atomic E-state index is -1.30. The number of hydrogen-bond donors (Lipinski definition) is 0. The summed E-state index contributed by atoms with van der Waals surface area (Å²) in [7, 11) is 1.81. The Labute approximate surface area is 175 Å². The number of ether oxygens (including phenoxy) is 1. The normalized spacial score (nSPS) is 21.9. The zero-order valence-electron chi connectivity index (χ0n) is 16.8. The zero-order valence-corrected chi connectivity index (χ0v) is 17.7. The molecule has 0 N–H and O–H groups in total. The van der Waals surface area contributed by atoms with E-state index in [-0.39, 0.29) is 24.2 Å². The maximum absolute atomic E-state index is 13.4. The molecule has 7 heteroatoms. The first-order valence-corrected chi connectivity index (χ1v) is 11.5. The quantitative estimate of drug-likeness (QED) is 0.280. The summed E-state index contributed by atoms with van der Waals surface area (Å²) in [4.78, 5) is 25.9. The van der Waals surface area contributed by atoms with E-state index in [0.29, 0.717) is 16.0 Å². The van der Waals surface area contributed by atoms with Crippen LogP contribution in [0.25, 0.3) is 6.08 Å². The lowest BCUT2D eigenvalue weighted by atomic mass is 9.86. The average molecular weight is 417 g/mol. The number of carbonyl (C=O) groups excluding carboxylic acids is 2. The van der Waals surface area contributed by atoms with Gasteiger partial charge in [0.05, 0.1) is 22.8 Å². The molecule has 1 spiro atoms. The Balaban J connectivity index is 1.47. The summed E-state index contributed by atoms with van der Waals surface area (Å²) in [6.45, 7) is 0.987. The van der Waals surface area contributed by atoms with Gasteiger partial charge in [0, 0.05) is 30.9 Å². The first kappa shape index (κ1) is 20.4. The number of rotatable bonds is 8. The third-order valence-corrected chi connectivity index (χ3v) is 8.02. The molecule has 2 aliphatic carbocycles. The predicted octanol–water partition coefficient (Wildman–Crippen LogP) is 3.35. The number of carbonyl (C=O) groups is 2. The molecule has 1 atom stereocenters. The van der Waals surface area contributed by atoms with Crippen molar-refractivity contribution in [1.29, 1.82) is 0 Å². The van der Waals surface area contributed by atoms with Crippen molar-refractivity contribution in [1.82, 2.24) is 9.21 Å². The van der Waals surface area contributed by atoms with Crippen LogP contribution in [0.3, 0.4) is 0 Å². The lowest BCUT2D eigenvalue weighted by Gasteiger charge is -2.26. The lowest BCUT2D eigenvalue weighted by Crippen LogP contribution is -2.37. The van der Waals surface area contributed by atoms with Crippen molar-refractivity contribution < 1.29 is 18.9 Å². The van der Waals surface area contributed by atoms with Crippen molar-refractivity contribution in [2.75, 3.05) is 20.3 Å². The van der Waals surface area contributed by atoms with E-state index >= 15 is 0 Å². The minimum Gasteiger partial charge on any atom is -0.593 e. The van der Waals surface area contributed by atoms with Gasteiger partial charge in [0.25, 0.3) is 0 Å². The fourth-order valence-electron chi connectivity index (χ4n) is 4.10. The van der Waals surface area contributed by atoms with Crippen molar-refractivity contribution in [3.8, 4) is 0 Å². The van der Waals surface area contributed by atoms with Gasteiger partial charge in [0.1, 0.15) is 0 Å². The van der Waals surface area contributed by atoms with E-state index in [1.165, 1.54) is 0 Å². The van der Waals surface area contributed by atoms with E-state index in [9.17, 15) is 14.1 Å². The molecule has 2 saturated carbocycles. The summed E-state index contributed by atoms with van der Waals surface area (Å²) in [5.41, 5.74) is 1.28. The van der Waals surface area contributed by atoms with Crippen LogP contribution in [0.1, 0.15) is 60.9 Å². The molecule has 1 heterocycles. The SMILES string of the molecule is CN(/C=C\c1c(C=O)cccc1[S+]([O-])N1CCCC12CC2)COC(=O)C1CCC1. The summed E-state index contributed by atoms with van der Waals surface area (Å²) in [6.07, 6.45) is 11.7.